The molecule has 0 heterocycles. The average molecular weight is 396 g/mol. The topological polar surface area (TPSA) is 84.5 Å². The van der Waals surface area contributed by atoms with Gasteiger partial charge in [-0.1, -0.05) is 12.8 Å². The summed E-state index contributed by atoms with van der Waals surface area (Å²) in [6.45, 7) is 4.96. The Hall–Kier alpha value is -2.51. The fourth-order valence-electron chi connectivity index (χ4n) is 3.38. The molecular weight excluding hydrogens is 370 g/mol. The summed E-state index contributed by atoms with van der Waals surface area (Å²) in [5.41, 5.74) is -1.43. The number of ether oxygens (including phenoxy) is 1. The normalized spacial score (nSPS) is 15.8. The van der Waals surface area contributed by atoms with Crippen molar-refractivity contribution in [2.45, 2.75) is 58.4 Å². The van der Waals surface area contributed by atoms with Crippen LogP contribution in [-0.4, -0.2) is 29.9 Å². The molecule has 1 aromatic rings. The van der Waals surface area contributed by atoms with Gasteiger partial charge in [0.1, 0.15) is 11.6 Å². The minimum absolute atomic E-state index is 0.000169. The minimum atomic E-state index is -0.944. The quantitative estimate of drug-likeness (QED) is 0.723. The largest absolute Gasteiger partial charge is 0.455 e. The first kappa shape index (κ1) is 21.8. The van der Waals surface area contributed by atoms with Crippen LogP contribution in [0.3, 0.4) is 0 Å². The number of anilines is 1. The lowest BCUT2D eigenvalue weighted by molar-refractivity contribution is -0.160. The Balaban J connectivity index is 1.94. The molecule has 2 amide bonds. The summed E-state index contributed by atoms with van der Waals surface area (Å²) in [5.74, 6) is -3.23. The molecule has 2 rings (SSSR count). The number of hydrogen-bond acceptors (Lipinski definition) is 4. The van der Waals surface area contributed by atoms with Crippen LogP contribution in [0.2, 0.25) is 0 Å². The molecule has 0 aliphatic heterocycles. The molecule has 0 radical (unpaired) electrons. The Labute approximate surface area is 163 Å². The SMILES string of the molecule is CC(C)(C)NC(=O)CC1(C(=O)OCC(=O)Nc2cc(F)cc(F)c2)CCCC1. The van der Waals surface area contributed by atoms with Crippen LogP contribution >= 0.6 is 0 Å². The lowest BCUT2D eigenvalue weighted by atomic mass is 9.82. The first-order chi connectivity index (χ1) is 13.0. The molecule has 8 heteroatoms. The average Bonchev–Trinajstić information content (AvgIpc) is 2.99. The van der Waals surface area contributed by atoms with Gasteiger partial charge in [-0.25, -0.2) is 8.78 Å². The van der Waals surface area contributed by atoms with E-state index in [0.717, 1.165) is 25.0 Å². The molecule has 1 aliphatic carbocycles. The molecule has 0 aromatic heterocycles. The van der Waals surface area contributed by atoms with Crippen molar-refractivity contribution in [1.29, 1.82) is 0 Å². The van der Waals surface area contributed by atoms with Gasteiger partial charge in [-0.15, -0.1) is 0 Å². The second-order valence-corrected chi connectivity index (χ2v) is 8.24. The predicted molar refractivity (Wildman–Crippen MR) is 99.4 cm³/mol. The van der Waals surface area contributed by atoms with E-state index in [4.69, 9.17) is 4.74 Å². The maximum absolute atomic E-state index is 13.2. The molecule has 1 aliphatic rings. The van der Waals surface area contributed by atoms with Gasteiger partial charge < -0.3 is 15.4 Å². The predicted octanol–water partition coefficient (Wildman–Crippen LogP) is 3.31. The maximum atomic E-state index is 13.2. The molecule has 1 saturated carbocycles. The molecular formula is C20H26F2N2O4. The molecule has 0 saturated heterocycles. The van der Waals surface area contributed by atoms with E-state index in [-0.39, 0.29) is 18.0 Å². The molecule has 28 heavy (non-hydrogen) atoms. The van der Waals surface area contributed by atoms with E-state index in [9.17, 15) is 23.2 Å². The maximum Gasteiger partial charge on any atom is 0.313 e. The fourth-order valence-corrected chi connectivity index (χ4v) is 3.38. The van der Waals surface area contributed by atoms with Crippen LogP contribution in [0.5, 0.6) is 0 Å². The highest BCUT2D eigenvalue weighted by molar-refractivity contribution is 5.93. The van der Waals surface area contributed by atoms with Crippen molar-refractivity contribution >= 4 is 23.5 Å². The van der Waals surface area contributed by atoms with Crippen molar-refractivity contribution in [3.63, 3.8) is 0 Å². The number of hydrogen-bond donors (Lipinski definition) is 2. The zero-order valence-corrected chi connectivity index (χ0v) is 16.4. The van der Waals surface area contributed by atoms with E-state index in [0.29, 0.717) is 18.9 Å². The van der Waals surface area contributed by atoms with Crippen molar-refractivity contribution in [2.75, 3.05) is 11.9 Å². The van der Waals surface area contributed by atoms with Gasteiger partial charge in [-0.05, 0) is 45.7 Å². The van der Waals surface area contributed by atoms with E-state index < -0.39 is 41.1 Å². The van der Waals surface area contributed by atoms with E-state index in [1.807, 2.05) is 20.8 Å². The molecule has 2 N–H and O–H groups in total. The van der Waals surface area contributed by atoms with Crippen LogP contribution in [0.25, 0.3) is 0 Å². The van der Waals surface area contributed by atoms with Gasteiger partial charge >= 0.3 is 5.97 Å². The fraction of sp³-hybridized carbons (Fsp3) is 0.550. The zero-order valence-electron chi connectivity index (χ0n) is 16.4. The number of esters is 1. The first-order valence-corrected chi connectivity index (χ1v) is 9.23. The van der Waals surface area contributed by atoms with Crippen LogP contribution in [0.15, 0.2) is 18.2 Å². The molecule has 1 fully saturated rings. The zero-order chi connectivity index (χ0) is 20.9. The summed E-state index contributed by atoms with van der Waals surface area (Å²) in [4.78, 5) is 36.9. The summed E-state index contributed by atoms with van der Waals surface area (Å²) >= 11 is 0. The monoisotopic (exact) mass is 396 g/mol. The highest BCUT2D eigenvalue weighted by Crippen LogP contribution is 2.42. The molecule has 0 atom stereocenters. The summed E-state index contributed by atoms with van der Waals surface area (Å²) < 4.78 is 31.5. The van der Waals surface area contributed by atoms with Gasteiger partial charge in [-0.2, -0.15) is 0 Å². The van der Waals surface area contributed by atoms with Crippen LogP contribution in [-0.2, 0) is 19.1 Å². The van der Waals surface area contributed by atoms with E-state index >= 15 is 0 Å². The van der Waals surface area contributed by atoms with Gasteiger partial charge in [0.2, 0.25) is 5.91 Å². The number of benzene rings is 1. The van der Waals surface area contributed by atoms with Crippen molar-refractivity contribution in [3.05, 3.63) is 29.8 Å². The molecule has 6 nitrogen and oxygen atoms in total. The van der Waals surface area contributed by atoms with Crippen LogP contribution < -0.4 is 10.6 Å². The summed E-state index contributed by atoms with van der Waals surface area (Å²) in [6, 6.07) is 2.60. The Morgan fingerprint density at radius 2 is 1.61 bits per heavy atom. The number of amides is 2. The van der Waals surface area contributed by atoms with Gasteiger partial charge in [-0.3, -0.25) is 14.4 Å². The van der Waals surface area contributed by atoms with Crippen LogP contribution in [0.4, 0.5) is 14.5 Å². The van der Waals surface area contributed by atoms with E-state index in [2.05, 4.69) is 10.6 Å². The highest BCUT2D eigenvalue weighted by Gasteiger charge is 2.44. The van der Waals surface area contributed by atoms with Crippen molar-refractivity contribution in [3.8, 4) is 0 Å². The van der Waals surface area contributed by atoms with Crippen LogP contribution in [0, 0.1) is 17.0 Å². The van der Waals surface area contributed by atoms with Crippen molar-refractivity contribution < 1.29 is 27.9 Å². The number of rotatable bonds is 6. The molecule has 1 aromatic carbocycles. The van der Waals surface area contributed by atoms with Gasteiger partial charge in [0.15, 0.2) is 6.61 Å². The second kappa shape index (κ2) is 8.67. The summed E-state index contributed by atoms with van der Waals surface area (Å²) in [5, 5.41) is 5.12. The van der Waals surface area contributed by atoms with Crippen LogP contribution in [0.1, 0.15) is 52.9 Å². The summed E-state index contributed by atoms with van der Waals surface area (Å²) in [6.07, 6.45) is 2.62. The lowest BCUT2D eigenvalue weighted by Crippen LogP contribution is -2.44. The van der Waals surface area contributed by atoms with Crippen molar-refractivity contribution in [2.24, 2.45) is 5.41 Å². The highest BCUT2D eigenvalue weighted by atomic mass is 19.1. The standard InChI is InChI=1S/C20H26F2N2O4/c1-19(2,3)24-16(25)11-20(6-4-5-7-20)18(27)28-12-17(26)23-15-9-13(21)8-14(22)10-15/h8-10H,4-7,11-12H2,1-3H3,(H,23,26)(H,24,25). The molecule has 0 spiro atoms. The number of carbonyl (C=O) groups is 3. The summed E-state index contributed by atoms with van der Waals surface area (Å²) in [7, 11) is 0. The minimum Gasteiger partial charge on any atom is -0.455 e. The number of halogens is 2. The van der Waals surface area contributed by atoms with Gasteiger partial charge in [0.05, 0.1) is 5.41 Å². The Bertz CT molecular complexity index is 733. The van der Waals surface area contributed by atoms with E-state index in [1.165, 1.54) is 0 Å². The van der Waals surface area contributed by atoms with Gasteiger partial charge in [0, 0.05) is 23.7 Å². The van der Waals surface area contributed by atoms with E-state index in [1.54, 1.807) is 0 Å². The molecule has 154 valence electrons. The molecule has 0 unspecified atom stereocenters. The smallest absolute Gasteiger partial charge is 0.313 e. The second-order valence-electron chi connectivity index (χ2n) is 8.24. The number of nitrogens with one attached hydrogen (secondary N) is 2. The third-order valence-corrected chi connectivity index (χ3v) is 4.49. The third kappa shape index (κ3) is 6.28. The first-order valence-electron chi connectivity index (χ1n) is 9.23. The molecule has 0 bridgehead atoms. The Morgan fingerprint density at radius 3 is 2.14 bits per heavy atom. The number of carbonyl (C=O) groups excluding carboxylic acids is 3. The Morgan fingerprint density at radius 1 is 1.04 bits per heavy atom. The Kier molecular flexibility index (Phi) is 6.74. The van der Waals surface area contributed by atoms with Gasteiger partial charge in [0.25, 0.3) is 5.91 Å². The third-order valence-electron chi connectivity index (χ3n) is 4.49. The lowest BCUT2D eigenvalue weighted by Gasteiger charge is -2.28. The van der Waals surface area contributed by atoms with Crippen molar-refractivity contribution in [1.82, 2.24) is 5.32 Å².